The van der Waals surface area contributed by atoms with E-state index < -0.39 is 0 Å². The van der Waals surface area contributed by atoms with Gasteiger partial charge in [-0.15, -0.1) is 11.3 Å². The van der Waals surface area contributed by atoms with Crippen LogP contribution >= 0.6 is 22.9 Å². The van der Waals surface area contributed by atoms with Gasteiger partial charge in [-0.25, -0.2) is 0 Å². The zero-order valence-electron chi connectivity index (χ0n) is 12.2. The largest absolute Gasteiger partial charge is 0.344 e. The third kappa shape index (κ3) is 4.84. The highest BCUT2D eigenvalue weighted by atomic mass is 35.5. The van der Waals surface area contributed by atoms with Crippen molar-refractivity contribution in [3.05, 3.63) is 57.2 Å². The topological polar surface area (TPSA) is 45.7 Å². The molecule has 0 spiro atoms. The fourth-order valence-corrected chi connectivity index (χ4v) is 2.96. The number of nitrogens with two attached hydrogens (primary N) is 1. The maximum atomic E-state index is 12.0. The highest BCUT2D eigenvalue weighted by Gasteiger charge is 2.14. The molecule has 21 heavy (non-hydrogen) atoms. The van der Waals surface area contributed by atoms with E-state index in [0.717, 1.165) is 5.02 Å². The zero-order valence-corrected chi connectivity index (χ0v) is 13.7. The van der Waals surface area contributed by atoms with Crippen LogP contribution < -0.4 is 10.6 Å². The standard InChI is InChI=1S/C16H19ClN2OS/c1-11(13-5-7-14(17)8-6-13)18-10-16(20)19-12(2)15-4-3-9-21-15/h3-9,11-12,18H,10H2,1-2H3,(H,19,20)/p+1/t11-,12-/m1/s1. The van der Waals surface area contributed by atoms with Crippen LogP contribution in [0.15, 0.2) is 41.8 Å². The highest BCUT2D eigenvalue weighted by Crippen LogP contribution is 2.17. The average molecular weight is 324 g/mol. The molecule has 3 nitrogen and oxygen atoms in total. The minimum absolute atomic E-state index is 0.0525. The third-order valence-corrected chi connectivity index (χ3v) is 4.71. The summed E-state index contributed by atoms with van der Waals surface area (Å²) in [4.78, 5) is 13.2. The molecule has 0 aliphatic carbocycles. The molecule has 0 saturated carbocycles. The maximum absolute atomic E-state index is 12.0. The Morgan fingerprint density at radius 2 is 2.00 bits per heavy atom. The predicted molar refractivity (Wildman–Crippen MR) is 87.5 cm³/mol. The van der Waals surface area contributed by atoms with Gasteiger partial charge in [0.2, 0.25) is 0 Å². The van der Waals surface area contributed by atoms with Crippen molar-refractivity contribution in [2.24, 2.45) is 0 Å². The molecule has 0 bridgehead atoms. The second-order valence-electron chi connectivity index (χ2n) is 5.08. The van der Waals surface area contributed by atoms with E-state index in [9.17, 15) is 4.79 Å². The molecular formula is C16H20ClN2OS+. The number of hydrogen-bond acceptors (Lipinski definition) is 2. The van der Waals surface area contributed by atoms with Crippen molar-refractivity contribution >= 4 is 28.8 Å². The van der Waals surface area contributed by atoms with Crippen molar-refractivity contribution in [3.8, 4) is 0 Å². The van der Waals surface area contributed by atoms with Crippen LogP contribution in [0.1, 0.15) is 36.4 Å². The second kappa shape index (κ2) is 7.59. The van der Waals surface area contributed by atoms with Crippen molar-refractivity contribution < 1.29 is 10.1 Å². The number of halogens is 1. The van der Waals surface area contributed by atoms with Crippen LogP contribution in [0.25, 0.3) is 0 Å². The quantitative estimate of drug-likeness (QED) is 0.843. The molecule has 2 rings (SSSR count). The molecule has 1 aromatic heterocycles. The summed E-state index contributed by atoms with van der Waals surface area (Å²) in [6, 6.07) is 12.1. The molecule has 1 heterocycles. The lowest BCUT2D eigenvalue weighted by atomic mass is 10.1. The number of benzene rings is 1. The van der Waals surface area contributed by atoms with Crippen molar-refractivity contribution in [1.29, 1.82) is 0 Å². The van der Waals surface area contributed by atoms with Gasteiger partial charge in [0.1, 0.15) is 6.04 Å². The maximum Gasteiger partial charge on any atom is 0.275 e. The smallest absolute Gasteiger partial charge is 0.275 e. The van der Waals surface area contributed by atoms with Crippen molar-refractivity contribution in [1.82, 2.24) is 5.32 Å². The molecule has 1 amide bonds. The van der Waals surface area contributed by atoms with Gasteiger partial charge in [0, 0.05) is 15.5 Å². The zero-order chi connectivity index (χ0) is 15.2. The normalized spacial score (nSPS) is 13.7. The Morgan fingerprint density at radius 3 is 2.62 bits per heavy atom. The first-order valence-corrected chi connectivity index (χ1v) is 8.23. The molecule has 0 fully saturated rings. The number of amides is 1. The van der Waals surface area contributed by atoms with E-state index in [4.69, 9.17) is 11.6 Å². The number of thiophene rings is 1. The lowest BCUT2D eigenvalue weighted by molar-refractivity contribution is -0.682. The first kappa shape index (κ1) is 16.0. The van der Waals surface area contributed by atoms with Crippen LogP contribution in [-0.2, 0) is 4.79 Å². The van der Waals surface area contributed by atoms with E-state index in [1.54, 1.807) is 11.3 Å². The van der Waals surface area contributed by atoms with Crippen molar-refractivity contribution in [2.75, 3.05) is 6.54 Å². The Bertz CT molecular complexity index is 568. The number of nitrogens with one attached hydrogen (secondary N) is 1. The second-order valence-corrected chi connectivity index (χ2v) is 6.50. The predicted octanol–water partition coefficient (Wildman–Crippen LogP) is 2.90. The van der Waals surface area contributed by atoms with E-state index in [0.29, 0.717) is 6.54 Å². The van der Waals surface area contributed by atoms with Gasteiger partial charge in [0.15, 0.2) is 6.54 Å². The number of carbonyl (C=O) groups excluding carboxylic acids is 1. The summed E-state index contributed by atoms with van der Waals surface area (Å²) in [7, 11) is 0. The number of quaternary nitrogens is 1. The minimum Gasteiger partial charge on any atom is -0.344 e. The van der Waals surface area contributed by atoms with Crippen LogP contribution in [0.5, 0.6) is 0 Å². The number of hydrogen-bond donors (Lipinski definition) is 2. The summed E-state index contributed by atoms with van der Waals surface area (Å²) >= 11 is 7.53. The van der Waals surface area contributed by atoms with Gasteiger partial charge < -0.3 is 10.6 Å². The summed E-state index contributed by atoms with van der Waals surface area (Å²) in [5, 5.41) is 7.80. The lowest BCUT2D eigenvalue weighted by Gasteiger charge is -2.14. The molecule has 0 saturated heterocycles. The summed E-state index contributed by atoms with van der Waals surface area (Å²) in [6.07, 6.45) is 0. The summed E-state index contributed by atoms with van der Waals surface area (Å²) < 4.78 is 0. The fraction of sp³-hybridized carbons (Fsp3) is 0.312. The molecule has 0 unspecified atom stereocenters. The van der Waals surface area contributed by atoms with Crippen molar-refractivity contribution in [2.45, 2.75) is 25.9 Å². The molecule has 5 heteroatoms. The number of rotatable bonds is 6. The fourth-order valence-electron chi connectivity index (χ4n) is 2.10. The van der Waals surface area contributed by atoms with E-state index in [1.165, 1.54) is 10.4 Å². The van der Waals surface area contributed by atoms with Gasteiger partial charge in [0.05, 0.1) is 6.04 Å². The molecule has 112 valence electrons. The Kier molecular flexibility index (Phi) is 5.79. The summed E-state index contributed by atoms with van der Waals surface area (Å²) in [6.45, 7) is 4.51. The van der Waals surface area contributed by atoms with Gasteiger partial charge in [0.25, 0.3) is 5.91 Å². The van der Waals surface area contributed by atoms with E-state index >= 15 is 0 Å². The molecule has 0 radical (unpaired) electrons. The Morgan fingerprint density at radius 1 is 1.29 bits per heavy atom. The third-order valence-electron chi connectivity index (χ3n) is 3.40. The first-order valence-electron chi connectivity index (χ1n) is 6.98. The van der Waals surface area contributed by atoms with Gasteiger partial charge in [-0.05, 0) is 37.4 Å². The van der Waals surface area contributed by atoms with E-state index in [2.05, 4.69) is 12.2 Å². The molecule has 3 N–H and O–H groups in total. The highest BCUT2D eigenvalue weighted by molar-refractivity contribution is 7.10. The van der Waals surface area contributed by atoms with E-state index in [-0.39, 0.29) is 18.0 Å². The molecule has 1 aromatic carbocycles. The SMILES string of the molecule is C[C@@H](NC(=O)C[NH2+][C@H](C)c1ccc(Cl)cc1)c1cccs1. The summed E-state index contributed by atoms with van der Waals surface area (Å²) in [5.74, 6) is 0.0525. The number of carbonyl (C=O) groups is 1. The summed E-state index contributed by atoms with van der Waals surface area (Å²) in [5.41, 5.74) is 1.17. The van der Waals surface area contributed by atoms with Crippen LogP contribution in [0.3, 0.4) is 0 Å². The van der Waals surface area contributed by atoms with Gasteiger partial charge >= 0.3 is 0 Å². The van der Waals surface area contributed by atoms with Crippen LogP contribution in [-0.4, -0.2) is 12.5 Å². The van der Waals surface area contributed by atoms with Crippen LogP contribution in [0.4, 0.5) is 0 Å². The molecule has 2 aromatic rings. The molecular weight excluding hydrogens is 304 g/mol. The molecule has 0 aliphatic heterocycles. The first-order chi connectivity index (χ1) is 10.1. The van der Waals surface area contributed by atoms with Gasteiger partial charge in [-0.3, -0.25) is 4.79 Å². The lowest BCUT2D eigenvalue weighted by Crippen LogP contribution is -2.87. The van der Waals surface area contributed by atoms with Gasteiger partial charge in [-0.1, -0.05) is 29.8 Å². The molecule has 2 atom stereocenters. The monoisotopic (exact) mass is 323 g/mol. The molecule has 0 aliphatic rings. The van der Waals surface area contributed by atoms with Crippen LogP contribution in [0.2, 0.25) is 5.02 Å². The average Bonchev–Trinajstić information content (AvgIpc) is 3.00. The van der Waals surface area contributed by atoms with Crippen molar-refractivity contribution in [3.63, 3.8) is 0 Å². The van der Waals surface area contributed by atoms with E-state index in [1.807, 2.05) is 54.0 Å². The Balaban J connectivity index is 1.79. The van der Waals surface area contributed by atoms with Crippen LogP contribution in [0, 0.1) is 0 Å². The Hall–Kier alpha value is -1.36. The van der Waals surface area contributed by atoms with Gasteiger partial charge in [-0.2, -0.15) is 0 Å². The minimum atomic E-state index is 0.0525. The Labute approximate surface area is 134 Å².